The molecule has 0 heterocycles. The molecule has 15 heavy (non-hydrogen) atoms. The summed E-state index contributed by atoms with van der Waals surface area (Å²) in [6.07, 6.45) is 0.809. The van der Waals surface area contributed by atoms with Gasteiger partial charge in [-0.1, -0.05) is 0 Å². The van der Waals surface area contributed by atoms with E-state index < -0.39 is 0 Å². The van der Waals surface area contributed by atoms with Gasteiger partial charge in [-0.15, -0.1) is 0 Å². The van der Waals surface area contributed by atoms with E-state index in [1.807, 2.05) is 26.0 Å². The molecule has 1 aromatic carbocycles. The molecule has 0 amide bonds. The maximum absolute atomic E-state index is 5.55. The summed E-state index contributed by atoms with van der Waals surface area (Å²) in [5.74, 6) is 1.81. The van der Waals surface area contributed by atoms with Gasteiger partial charge in [-0.25, -0.2) is 0 Å². The maximum Gasteiger partial charge on any atom is 0.122 e. The lowest BCUT2D eigenvalue weighted by molar-refractivity contribution is 0.335. The van der Waals surface area contributed by atoms with E-state index in [0.717, 1.165) is 29.0 Å². The van der Waals surface area contributed by atoms with Crippen molar-refractivity contribution in [3.63, 3.8) is 0 Å². The topological polar surface area (TPSA) is 44.5 Å². The molecule has 0 spiro atoms. The Kier molecular flexibility index (Phi) is 4.43. The van der Waals surface area contributed by atoms with Crippen LogP contribution in [0, 0.1) is 6.92 Å². The second-order valence-corrected chi connectivity index (χ2v) is 3.40. The van der Waals surface area contributed by atoms with Crippen LogP contribution in [-0.4, -0.2) is 20.3 Å². The summed E-state index contributed by atoms with van der Waals surface area (Å²) in [6.45, 7) is 5.28. The van der Waals surface area contributed by atoms with Gasteiger partial charge >= 0.3 is 0 Å². The van der Waals surface area contributed by atoms with Crippen molar-refractivity contribution in [3.8, 4) is 11.5 Å². The van der Waals surface area contributed by atoms with Crippen LogP contribution in [0.15, 0.2) is 12.1 Å². The maximum atomic E-state index is 5.55. The first-order valence-electron chi connectivity index (χ1n) is 5.23. The molecule has 0 aliphatic carbocycles. The molecule has 0 aromatic heterocycles. The molecule has 3 nitrogen and oxygen atoms in total. The minimum absolute atomic E-state index is 0.616. The Morgan fingerprint density at radius 2 is 2.00 bits per heavy atom. The number of nitrogens with two attached hydrogens (primary N) is 1. The van der Waals surface area contributed by atoms with Crippen molar-refractivity contribution in [1.82, 2.24) is 0 Å². The van der Waals surface area contributed by atoms with Crippen LogP contribution < -0.4 is 15.2 Å². The molecule has 1 aromatic rings. The highest BCUT2D eigenvalue weighted by atomic mass is 16.5. The predicted molar refractivity (Wildman–Crippen MR) is 61.7 cm³/mol. The second kappa shape index (κ2) is 5.61. The molecule has 0 unspecified atom stereocenters. The highest BCUT2D eigenvalue weighted by Gasteiger charge is 2.07. The summed E-state index contributed by atoms with van der Waals surface area (Å²) in [7, 11) is 1.68. The van der Waals surface area contributed by atoms with Gasteiger partial charge in [0.1, 0.15) is 11.5 Å². The van der Waals surface area contributed by atoms with Crippen molar-refractivity contribution in [2.24, 2.45) is 5.73 Å². The van der Waals surface area contributed by atoms with Gasteiger partial charge in [-0.3, -0.25) is 0 Å². The lowest BCUT2D eigenvalue weighted by Crippen LogP contribution is -2.05. The second-order valence-electron chi connectivity index (χ2n) is 3.40. The van der Waals surface area contributed by atoms with E-state index in [9.17, 15) is 0 Å². The molecule has 0 saturated carbocycles. The minimum Gasteiger partial charge on any atom is -0.496 e. The predicted octanol–water partition coefficient (Wildman–Crippen LogP) is 1.90. The van der Waals surface area contributed by atoms with Crippen LogP contribution >= 0.6 is 0 Å². The van der Waals surface area contributed by atoms with Crippen molar-refractivity contribution in [2.45, 2.75) is 20.3 Å². The molecule has 84 valence electrons. The van der Waals surface area contributed by atoms with Gasteiger partial charge in [0.2, 0.25) is 0 Å². The van der Waals surface area contributed by atoms with Crippen LogP contribution in [0.5, 0.6) is 11.5 Å². The minimum atomic E-state index is 0.616. The molecular weight excluding hydrogens is 190 g/mol. The third-order valence-electron chi connectivity index (χ3n) is 2.29. The molecule has 1 rings (SSSR count). The summed E-state index contributed by atoms with van der Waals surface area (Å²) in [5, 5.41) is 0. The third kappa shape index (κ3) is 2.86. The Morgan fingerprint density at radius 3 is 2.53 bits per heavy atom. The van der Waals surface area contributed by atoms with E-state index in [4.69, 9.17) is 15.2 Å². The molecule has 0 saturated heterocycles. The molecule has 3 heteroatoms. The van der Waals surface area contributed by atoms with Crippen molar-refractivity contribution in [2.75, 3.05) is 20.3 Å². The summed E-state index contributed by atoms with van der Waals surface area (Å²) in [6, 6.07) is 4.01. The lowest BCUT2D eigenvalue weighted by atomic mass is 10.1. The fourth-order valence-corrected chi connectivity index (χ4v) is 1.56. The van der Waals surface area contributed by atoms with E-state index in [2.05, 4.69) is 0 Å². The van der Waals surface area contributed by atoms with Gasteiger partial charge in [0, 0.05) is 0 Å². The van der Waals surface area contributed by atoms with Crippen molar-refractivity contribution in [1.29, 1.82) is 0 Å². The van der Waals surface area contributed by atoms with Gasteiger partial charge < -0.3 is 15.2 Å². The van der Waals surface area contributed by atoms with E-state index in [0.29, 0.717) is 13.2 Å². The van der Waals surface area contributed by atoms with Gasteiger partial charge in [0.05, 0.1) is 13.7 Å². The van der Waals surface area contributed by atoms with Gasteiger partial charge in [-0.05, 0) is 50.1 Å². The van der Waals surface area contributed by atoms with E-state index in [1.165, 1.54) is 0 Å². The van der Waals surface area contributed by atoms with Crippen molar-refractivity contribution >= 4 is 0 Å². The zero-order valence-electron chi connectivity index (χ0n) is 9.67. The number of aryl methyl sites for hydroxylation is 1. The molecule has 0 aliphatic rings. The van der Waals surface area contributed by atoms with Crippen molar-refractivity contribution < 1.29 is 9.47 Å². The first kappa shape index (κ1) is 11.9. The van der Waals surface area contributed by atoms with Gasteiger partial charge in [0.15, 0.2) is 0 Å². The Labute approximate surface area is 91.2 Å². The van der Waals surface area contributed by atoms with Gasteiger partial charge in [0.25, 0.3) is 0 Å². The van der Waals surface area contributed by atoms with E-state index in [1.54, 1.807) is 7.11 Å². The molecule has 0 bridgehead atoms. The Bertz CT molecular complexity index is 324. The summed E-state index contributed by atoms with van der Waals surface area (Å²) >= 11 is 0. The lowest BCUT2D eigenvalue weighted by Gasteiger charge is -2.13. The monoisotopic (exact) mass is 209 g/mol. The van der Waals surface area contributed by atoms with Crippen LogP contribution in [-0.2, 0) is 6.42 Å². The quantitative estimate of drug-likeness (QED) is 0.805. The van der Waals surface area contributed by atoms with Crippen molar-refractivity contribution in [3.05, 3.63) is 23.3 Å². The van der Waals surface area contributed by atoms with E-state index in [-0.39, 0.29) is 0 Å². The molecule has 2 N–H and O–H groups in total. The highest BCUT2D eigenvalue weighted by molar-refractivity contribution is 5.46. The van der Waals surface area contributed by atoms with Crippen LogP contribution in [0.1, 0.15) is 18.1 Å². The number of ether oxygens (including phenoxy) is 2. The molecule has 0 fully saturated rings. The SMILES string of the molecule is CCOc1cc(CCN)c(OC)cc1C. The highest BCUT2D eigenvalue weighted by Crippen LogP contribution is 2.28. The summed E-state index contributed by atoms with van der Waals surface area (Å²) < 4.78 is 10.8. The van der Waals surface area contributed by atoms with Crippen LogP contribution in [0.4, 0.5) is 0 Å². The van der Waals surface area contributed by atoms with Gasteiger partial charge in [-0.2, -0.15) is 0 Å². The third-order valence-corrected chi connectivity index (χ3v) is 2.29. The average Bonchev–Trinajstić information content (AvgIpc) is 2.23. The first-order chi connectivity index (χ1) is 7.22. The fourth-order valence-electron chi connectivity index (χ4n) is 1.56. The Morgan fingerprint density at radius 1 is 1.27 bits per heavy atom. The molecule has 0 atom stereocenters. The largest absolute Gasteiger partial charge is 0.496 e. The standard InChI is InChI=1S/C12H19NO2/c1-4-15-11-8-10(5-6-13)12(14-3)7-9(11)2/h7-8H,4-6,13H2,1-3H3. The Hall–Kier alpha value is -1.22. The Balaban J connectivity index is 3.05. The molecule has 0 radical (unpaired) electrons. The summed E-state index contributed by atoms with van der Waals surface area (Å²) in [5.41, 5.74) is 7.75. The number of rotatable bonds is 5. The number of methoxy groups -OCH3 is 1. The number of hydrogen-bond acceptors (Lipinski definition) is 3. The fraction of sp³-hybridized carbons (Fsp3) is 0.500. The first-order valence-corrected chi connectivity index (χ1v) is 5.23. The normalized spacial score (nSPS) is 10.1. The average molecular weight is 209 g/mol. The molecule has 0 aliphatic heterocycles. The van der Waals surface area contributed by atoms with E-state index >= 15 is 0 Å². The zero-order valence-corrected chi connectivity index (χ0v) is 9.67. The zero-order chi connectivity index (χ0) is 11.3. The van der Waals surface area contributed by atoms with Crippen LogP contribution in [0.3, 0.4) is 0 Å². The number of benzene rings is 1. The summed E-state index contributed by atoms with van der Waals surface area (Å²) in [4.78, 5) is 0. The van der Waals surface area contributed by atoms with Crippen LogP contribution in [0.2, 0.25) is 0 Å². The number of hydrogen-bond donors (Lipinski definition) is 1. The van der Waals surface area contributed by atoms with Crippen LogP contribution in [0.25, 0.3) is 0 Å². The smallest absolute Gasteiger partial charge is 0.122 e. The molecular formula is C12H19NO2.